The Hall–Kier alpha value is -3.75. The maximum absolute atomic E-state index is 12.7. The molecule has 0 spiro atoms. The molecule has 1 amide bonds. The molecule has 1 aromatic carbocycles. The fourth-order valence-corrected chi connectivity index (χ4v) is 3.97. The van der Waals surface area contributed by atoms with Gasteiger partial charge in [0.2, 0.25) is 0 Å². The SMILES string of the molecule is COC(=O)C1=C(C(=O)OC)N(c2ccc(N3CCN(C(=O)OC(C)(C)C)CC3)c(C)c2)C=CC=C1. The van der Waals surface area contributed by atoms with Crippen LogP contribution >= 0.6 is 0 Å². The highest BCUT2D eigenvalue weighted by Crippen LogP contribution is 2.31. The third-order valence-electron chi connectivity index (χ3n) is 5.62. The number of amides is 1. The van der Waals surface area contributed by atoms with E-state index in [9.17, 15) is 14.4 Å². The number of aryl methyl sites for hydroxylation is 1. The van der Waals surface area contributed by atoms with Gasteiger partial charge in [0.05, 0.1) is 19.8 Å². The molecule has 0 bridgehead atoms. The normalized spacial score (nSPS) is 16.2. The van der Waals surface area contributed by atoms with Crippen molar-refractivity contribution in [2.45, 2.75) is 33.3 Å². The monoisotopic (exact) mass is 483 g/mol. The summed E-state index contributed by atoms with van der Waals surface area (Å²) < 4.78 is 15.3. The first kappa shape index (κ1) is 25.9. The maximum atomic E-state index is 12.7. The van der Waals surface area contributed by atoms with E-state index in [4.69, 9.17) is 14.2 Å². The third kappa shape index (κ3) is 6.03. The quantitative estimate of drug-likeness (QED) is 0.475. The number of ether oxygens (including phenoxy) is 3. The van der Waals surface area contributed by atoms with E-state index in [0.717, 1.165) is 11.3 Å². The molecule has 1 aromatic rings. The zero-order valence-corrected chi connectivity index (χ0v) is 21.2. The summed E-state index contributed by atoms with van der Waals surface area (Å²) in [6.45, 7) is 10.0. The average molecular weight is 484 g/mol. The summed E-state index contributed by atoms with van der Waals surface area (Å²) >= 11 is 0. The first-order chi connectivity index (χ1) is 16.6. The number of carbonyl (C=O) groups is 3. The molecule has 35 heavy (non-hydrogen) atoms. The van der Waals surface area contributed by atoms with Gasteiger partial charge in [-0.25, -0.2) is 14.4 Å². The van der Waals surface area contributed by atoms with E-state index >= 15 is 0 Å². The Labute approximate surface area is 206 Å². The van der Waals surface area contributed by atoms with E-state index in [1.807, 2.05) is 45.9 Å². The number of esters is 2. The van der Waals surface area contributed by atoms with Crippen molar-refractivity contribution in [2.75, 3.05) is 50.2 Å². The van der Waals surface area contributed by atoms with Gasteiger partial charge in [0.25, 0.3) is 0 Å². The number of rotatable bonds is 4. The fraction of sp³-hybridized carbons (Fsp3) is 0.423. The molecule has 0 radical (unpaired) electrons. The summed E-state index contributed by atoms with van der Waals surface area (Å²) in [5, 5.41) is 0. The summed E-state index contributed by atoms with van der Waals surface area (Å²) in [5.41, 5.74) is 2.37. The standard InChI is InChI=1S/C26H33N3O6/c1-18-17-19(29-12-8-7-9-20(23(30)33-5)22(29)24(31)34-6)10-11-21(18)27-13-15-28(16-14-27)25(32)35-26(2,3)4/h7-12,17H,13-16H2,1-6H3. The van der Waals surface area contributed by atoms with Crippen LogP contribution in [0.4, 0.5) is 16.2 Å². The van der Waals surface area contributed by atoms with E-state index in [-0.39, 0.29) is 17.4 Å². The topological polar surface area (TPSA) is 88.6 Å². The highest BCUT2D eigenvalue weighted by atomic mass is 16.6. The molecule has 0 aromatic heterocycles. The first-order valence-corrected chi connectivity index (χ1v) is 11.4. The molecular formula is C26H33N3O6. The Bertz CT molecular complexity index is 1080. The number of allylic oxidation sites excluding steroid dienone is 2. The minimum absolute atomic E-state index is 0.0717. The van der Waals surface area contributed by atoms with Crippen molar-refractivity contribution >= 4 is 29.4 Å². The Morgan fingerprint density at radius 1 is 0.914 bits per heavy atom. The van der Waals surface area contributed by atoms with Crippen LogP contribution in [-0.2, 0) is 23.8 Å². The summed E-state index contributed by atoms with van der Waals surface area (Å²) in [4.78, 5) is 43.0. The molecule has 9 heteroatoms. The van der Waals surface area contributed by atoms with Crippen molar-refractivity contribution in [3.05, 3.63) is 59.5 Å². The molecule has 2 aliphatic heterocycles. The molecule has 0 N–H and O–H groups in total. The molecule has 0 saturated carbocycles. The Kier molecular flexibility index (Phi) is 7.89. The molecule has 188 valence electrons. The van der Waals surface area contributed by atoms with Crippen molar-refractivity contribution in [2.24, 2.45) is 0 Å². The second-order valence-corrected chi connectivity index (χ2v) is 9.24. The molecule has 9 nitrogen and oxygen atoms in total. The van der Waals surface area contributed by atoms with Crippen molar-refractivity contribution in [1.82, 2.24) is 4.90 Å². The van der Waals surface area contributed by atoms with Crippen LogP contribution in [0.1, 0.15) is 26.3 Å². The van der Waals surface area contributed by atoms with Crippen LogP contribution in [0.5, 0.6) is 0 Å². The van der Waals surface area contributed by atoms with Gasteiger partial charge in [0.15, 0.2) is 0 Å². The van der Waals surface area contributed by atoms with Gasteiger partial charge < -0.3 is 28.9 Å². The van der Waals surface area contributed by atoms with Gasteiger partial charge in [0.1, 0.15) is 11.3 Å². The van der Waals surface area contributed by atoms with Crippen LogP contribution in [0.25, 0.3) is 0 Å². The molecule has 0 aliphatic carbocycles. The fourth-order valence-electron chi connectivity index (χ4n) is 3.97. The predicted octanol–water partition coefficient (Wildman–Crippen LogP) is 3.54. The minimum Gasteiger partial charge on any atom is -0.465 e. The number of hydrogen-bond acceptors (Lipinski definition) is 8. The number of benzene rings is 1. The lowest BCUT2D eigenvalue weighted by molar-refractivity contribution is -0.139. The highest BCUT2D eigenvalue weighted by molar-refractivity contribution is 6.05. The van der Waals surface area contributed by atoms with Crippen LogP contribution in [0.2, 0.25) is 0 Å². The number of piperazine rings is 1. The van der Waals surface area contributed by atoms with Crippen LogP contribution in [0, 0.1) is 6.92 Å². The lowest BCUT2D eigenvalue weighted by Crippen LogP contribution is -2.50. The van der Waals surface area contributed by atoms with Gasteiger partial charge >= 0.3 is 18.0 Å². The lowest BCUT2D eigenvalue weighted by Gasteiger charge is -2.37. The van der Waals surface area contributed by atoms with Gasteiger partial charge in [-0.3, -0.25) is 0 Å². The van der Waals surface area contributed by atoms with E-state index < -0.39 is 17.5 Å². The largest absolute Gasteiger partial charge is 0.465 e. The Balaban J connectivity index is 1.83. The number of anilines is 2. The summed E-state index contributed by atoms with van der Waals surface area (Å²) in [6, 6.07) is 5.81. The molecule has 0 unspecified atom stereocenters. The minimum atomic E-state index is -0.651. The summed E-state index contributed by atoms with van der Waals surface area (Å²) in [5.74, 6) is -1.28. The van der Waals surface area contributed by atoms with Crippen molar-refractivity contribution in [1.29, 1.82) is 0 Å². The smallest absolute Gasteiger partial charge is 0.410 e. The second-order valence-electron chi connectivity index (χ2n) is 9.24. The van der Waals surface area contributed by atoms with Crippen molar-refractivity contribution < 1.29 is 28.6 Å². The Morgan fingerprint density at radius 3 is 2.14 bits per heavy atom. The average Bonchev–Trinajstić information content (AvgIpc) is 3.05. The molecule has 0 atom stereocenters. The van der Waals surface area contributed by atoms with Gasteiger partial charge in [-0.1, -0.05) is 6.08 Å². The molecule has 1 saturated heterocycles. The van der Waals surface area contributed by atoms with Gasteiger partial charge in [-0.15, -0.1) is 0 Å². The summed E-state index contributed by atoms with van der Waals surface area (Å²) in [7, 11) is 2.54. The third-order valence-corrected chi connectivity index (χ3v) is 5.62. The van der Waals surface area contributed by atoms with Gasteiger partial charge in [-0.2, -0.15) is 0 Å². The van der Waals surface area contributed by atoms with Crippen LogP contribution in [0.15, 0.2) is 53.9 Å². The molecule has 2 aliphatic rings. The molecule has 2 heterocycles. The van der Waals surface area contributed by atoms with Crippen LogP contribution in [-0.4, -0.2) is 68.9 Å². The van der Waals surface area contributed by atoms with Crippen molar-refractivity contribution in [3.63, 3.8) is 0 Å². The van der Waals surface area contributed by atoms with E-state index in [0.29, 0.717) is 31.9 Å². The number of methoxy groups -OCH3 is 2. The predicted molar refractivity (Wildman–Crippen MR) is 133 cm³/mol. The van der Waals surface area contributed by atoms with Gasteiger partial charge in [0, 0.05) is 43.8 Å². The summed E-state index contributed by atoms with van der Waals surface area (Å²) in [6.07, 6.45) is 6.33. The zero-order valence-electron chi connectivity index (χ0n) is 21.2. The number of nitrogens with zero attached hydrogens (tertiary/aromatic N) is 3. The lowest BCUT2D eigenvalue weighted by atomic mass is 10.1. The Morgan fingerprint density at radius 2 is 1.57 bits per heavy atom. The van der Waals surface area contributed by atoms with E-state index in [2.05, 4.69) is 4.90 Å². The van der Waals surface area contributed by atoms with E-state index in [1.165, 1.54) is 20.3 Å². The first-order valence-electron chi connectivity index (χ1n) is 11.4. The molecule has 3 rings (SSSR count). The number of hydrogen-bond donors (Lipinski definition) is 0. The molecule has 1 fully saturated rings. The van der Waals surface area contributed by atoms with Crippen LogP contribution < -0.4 is 9.80 Å². The van der Waals surface area contributed by atoms with Crippen molar-refractivity contribution in [3.8, 4) is 0 Å². The zero-order chi connectivity index (χ0) is 25.8. The number of carbonyl (C=O) groups excluding carboxylic acids is 3. The van der Waals surface area contributed by atoms with Crippen LogP contribution in [0.3, 0.4) is 0 Å². The molecular weight excluding hydrogens is 450 g/mol. The maximum Gasteiger partial charge on any atom is 0.410 e. The second kappa shape index (κ2) is 10.7. The van der Waals surface area contributed by atoms with Gasteiger partial charge in [-0.05, 0) is 63.6 Å². The van der Waals surface area contributed by atoms with E-state index in [1.54, 1.807) is 28.2 Å². The highest BCUT2D eigenvalue weighted by Gasteiger charge is 2.29.